The van der Waals surface area contributed by atoms with E-state index in [1.165, 1.54) is 6.07 Å². The Kier molecular flexibility index (Phi) is 4.78. The van der Waals surface area contributed by atoms with Crippen LogP contribution in [0.25, 0.3) is 0 Å². The van der Waals surface area contributed by atoms with E-state index in [4.69, 9.17) is 5.73 Å². The molecule has 0 radical (unpaired) electrons. The maximum Gasteiger partial charge on any atom is 0.130 e. The predicted octanol–water partition coefficient (Wildman–Crippen LogP) is 4.24. The van der Waals surface area contributed by atoms with Crippen LogP contribution in [0.4, 0.5) is 10.1 Å². The van der Waals surface area contributed by atoms with Gasteiger partial charge in [-0.15, -0.1) is 0 Å². The predicted molar refractivity (Wildman–Crippen MR) is 85.3 cm³/mol. The van der Waals surface area contributed by atoms with Crippen molar-refractivity contribution in [2.75, 3.05) is 11.9 Å². The lowest BCUT2D eigenvalue weighted by Gasteiger charge is -2.24. The van der Waals surface area contributed by atoms with Gasteiger partial charge in [0.2, 0.25) is 0 Å². The number of benzene rings is 2. The zero-order valence-corrected chi connectivity index (χ0v) is 13.2. The summed E-state index contributed by atoms with van der Waals surface area (Å²) >= 11 is 3.42. The standard InChI is InChI=1S/C16H18BrFN2/c1-11(19)16-14(18)4-3-5-15(16)20(2)10-12-6-8-13(17)9-7-12/h3-9,11H,10,19H2,1-2H3. The Balaban J connectivity index is 2.27. The van der Waals surface area contributed by atoms with Crippen LogP contribution in [-0.2, 0) is 6.54 Å². The Bertz CT molecular complexity index is 582. The highest BCUT2D eigenvalue weighted by molar-refractivity contribution is 9.10. The van der Waals surface area contributed by atoms with Crippen molar-refractivity contribution in [2.45, 2.75) is 19.5 Å². The minimum atomic E-state index is -0.335. The first-order valence-corrected chi connectivity index (χ1v) is 7.28. The molecule has 2 N–H and O–H groups in total. The minimum Gasteiger partial charge on any atom is -0.370 e. The van der Waals surface area contributed by atoms with E-state index in [0.717, 1.165) is 15.7 Å². The van der Waals surface area contributed by atoms with Crippen molar-refractivity contribution in [3.63, 3.8) is 0 Å². The summed E-state index contributed by atoms with van der Waals surface area (Å²) in [6, 6.07) is 12.8. The summed E-state index contributed by atoms with van der Waals surface area (Å²) in [6.07, 6.45) is 0. The number of halogens is 2. The van der Waals surface area contributed by atoms with Crippen LogP contribution in [0.15, 0.2) is 46.9 Å². The highest BCUT2D eigenvalue weighted by atomic mass is 79.9. The van der Waals surface area contributed by atoms with Crippen molar-refractivity contribution in [2.24, 2.45) is 5.73 Å². The Morgan fingerprint density at radius 1 is 1.20 bits per heavy atom. The molecule has 0 amide bonds. The van der Waals surface area contributed by atoms with Crippen LogP contribution < -0.4 is 10.6 Å². The zero-order chi connectivity index (χ0) is 14.7. The maximum absolute atomic E-state index is 13.9. The lowest BCUT2D eigenvalue weighted by Crippen LogP contribution is -2.21. The molecule has 0 saturated heterocycles. The molecule has 106 valence electrons. The molecule has 2 aromatic rings. The van der Waals surface area contributed by atoms with Crippen molar-refractivity contribution < 1.29 is 4.39 Å². The third-order valence-electron chi connectivity index (χ3n) is 3.23. The second-order valence-corrected chi connectivity index (χ2v) is 5.86. The third kappa shape index (κ3) is 3.38. The molecule has 0 bridgehead atoms. The van der Waals surface area contributed by atoms with Crippen LogP contribution in [0.5, 0.6) is 0 Å². The van der Waals surface area contributed by atoms with Crippen molar-refractivity contribution in [3.05, 3.63) is 63.9 Å². The molecule has 2 aromatic carbocycles. The molecular formula is C16H18BrFN2. The summed E-state index contributed by atoms with van der Waals surface area (Å²) in [5, 5.41) is 0. The number of rotatable bonds is 4. The molecule has 0 aliphatic heterocycles. The Morgan fingerprint density at radius 2 is 1.85 bits per heavy atom. The molecule has 0 aliphatic carbocycles. The van der Waals surface area contributed by atoms with E-state index in [1.54, 1.807) is 13.0 Å². The van der Waals surface area contributed by atoms with Crippen LogP contribution in [-0.4, -0.2) is 7.05 Å². The monoisotopic (exact) mass is 336 g/mol. The first-order chi connectivity index (χ1) is 9.49. The van der Waals surface area contributed by atoms with Gasteiger partial charge in [0, 0.05) is 35.4 Å². The van der Waals surface area contributed by atoms with Gasteiger partial charge in [0.25, 0.3) is 0 Å². The molecule has 0 aromatic heterocycles. The zero-order valence-electron chi connectivity index (χ0n) is 11.6. The Hall–Kier alpha value is -1.39. The fraction of sp³-hybridized carbons (Fsp3) is 0.250. The molecule has 20 heavy (non-hydrogen) atoms. The number of hydrogen-bond acceptors (Lipinski definition) is 2. The minimum absolute atomic E-state index is 0.250. The second-order valence-electron chi connectivity index (χ2n) is 4.94. The second kappa shape index (κ2) is 6.37. The van der Waals surface area contributed by atoms with Crippen molar-refractivity contribution in [1.29, 1.82) is 0 Å². The van der Waals surface area contributed by atoms with Crippen LogP contribution in [0.2, 0.25) is 0 Å². The summed E-state index contributed by atoms with van der Waals surface area (Å²) in [6.45, 7) is 2.51. The van der Waals surface area contributed by atoms with Gasteiger partial charge in [0.05, 0.1) is 0 Å². The van der Waals surface area contributed by atoms with E-state index in [-0.39, 0.29) is 11.9 Å². The smallest absolute Gasteiger partial charge is 0.130 e. The van der Waals surface area contributed by atoms with Crippen molar-refractivity contribution in [3.8, 4) is 0 Å². The van der Waals surface area contributed by atoms with Gasteiger partial charge in [-0.1, -0.05) is 34.1 Å². The van der Waals surface area contributed by atoms with E-state index in [1.807, 2.05) is 42.3 Å². The fourth-order valence-electron chi connectivity index (χ4n) is 2.26. The summed E-state index contributed by atoms with van der Waals surface area (Å²) < 4.78 is 15.0. The molecule has 4 heteroatoms. The average molecular weight is 337 g/mol. The fourth-order valence-corrected chi connectivity index (χ4v) is 2.52. The van der Waals surface area contributed by atoms with Crippen molar-refractivity contribution in [1.82, 2.24) is 0 Å². The molecule has 2 rings (SSSR count). The first kappa shape index (κ1) is 15.0. The van der Waals surface area contributed by atoms with Crippen molar-refractivity contribution >= 4 is 21.6 Å². The highest BCUT2D eigenvalue weighted by Crippen LogP contribution is 2.28. The number of nitrogens with zero attached hydrogens (tertiary/aromatic N) is 1. The normalized spacial score (nSPS) is 12.2. The van der Waals surface area contributed by atoms with Crippen LogP contribution in [0, 0.1) is 5.82 Å². The summed E-state index contributed by atoms with van der Waals surface area (Å²) in [5.41, 5.74) is 8.45. The molecule has 1 unspecified atom stereocenters. The van der Waals surface area contributed by atoms with Gasteiger partial charge in [0.1, 0.15) is 5.82 Å². The van der Waals surface area contributed by atoms with Crippen LogP contribution >= 0.6 is 15.9 Å². The van der Waals surface area contributed by atoms with Gasteiger partial charge in [-0.05, 0) is 36.8 Å². The number of anilines is 1. The van der Waals surface area contributed by atoms with Gasteiger partial charge in [-0.25, -0.2) is 4.39 Å². The maximum atomic E-state index is 13.9. The topological polar surface area (TPSA) is 29.3 Å². The highest BCUT2D eigenvalue weighted by Gasteiger charge is 2.15. The Labute approximate surface area is 127 Å². The lowest BCUT2D eigenvalue weighted by molar-refractivity contribution is 0.592. The SMILES string of the molecule is CC(N)c1c(F)cccc1N(C)Cc1ccc(Br)cc1. The largest absolute Gasteiger partial charge is 0.370 e. The number of nitrogens with two attached hydrogens (primary N) is 1. The lowest BCUT2D eigenvalue weighted by atomic mass is 10.0. The molecule has 0 spiro atoms. The van der Waals surface area contributed by atoms with Gasteiger partial charge in [-0.3, -0.25) is 0 Å². The molecule has 1 atom stereocenters. The third-order valence-corrected chi connectivity index (χ3v) is 3.76. The summed E-state index contributed by atoms with van der Waals surface area (Å²) in [7, 11) is 1.95. The molecule has 0 heterocycles. The molecule has 0 saturated carbocycles. The quantitative estimate of drug-likeness (QED) is 0.904. The molecule has 2 nitrogen and oxygen atoms in total. The average Bonchev–Trinajstić information content (AvgIpc) is 2.40. The summed E-state index contributed by atoms with van der Waals surface area (Å²) in [5.74, 6) is -0.250. The van der Waals surface area contributed by atoms with Crippen LogP contribution in [0.3, 0.4) is 0 Å². The molecule has 0 aliphatic rings. The van der Waals surface area contributed by atoms with Gasteiger partial charge in [-0.2, -0.15) is 0 Å². The van der Waals surface area contributed by atoms with Gasteiger partial charge < -0.3 is 10.6 Å². The Morgan fingerprint density at radius 3 is 2.45 bits per heavy atom. The first-order valence-electron chi connectivity index (χ1n) is 6.48. The van der Waals surface area contributed by atoms with Gasteiger partial charge >= 0.3 is 0 Å². The van der Waals surface area contributed by atoms with E-state index in [0.29, 0.717) is 12.1 Å². The van der Waals surface area contributed by atoms with Crippen LogP contribution in [0.1, 0.15) is 24.1 Å². The van der Waals surface area contributed by atoms with E-state index in [2.05, 4.69) is 15.9 Å². The van der Waals surface area contributed by atoms with E-state index < -0.39 is 0 Å². The van der Waals surface area contributed by atoms with Gasteiger partial charge in [0.15, 0.2) is 0 Å². The molecule has 0 fully saturated rings. The summed E-state index contributed by atoms with van der Waals surface area (Å²) in [4.78, 5) is 2.02. The molecular weight excluding hydrogens is 319 g/mol. The number of hydrogen-bond donors (Lipinski definition) is 1. The van der Waals surface area contributed by atoms with E-state index in [9.17, 15) is 4.39 Å². The van der Waals surface area contributed by atoms with E-state index >= 15 is 0 Å².